The molecule has 1 aromatic carbocycles. The summed E-state index contributed by atoms with van der Waals surface area (Å²) in [6.07, 6.45) is 8.67. The van der Waals surface area contributed by atoms with Crippen LogP contribution in [0.25, 0.3) is 10.9 Å². The Hall–Kier alpha value is -1.26. The van der Waals surface area contributed by atoms with Crippen molar-refractivity contribution in [2.45, 2.75) is 38.5 Å². The summed E-state index contributed by atoms with van der Waals surface area (Å²) in [5.74, 6) is 1.76. The van der Waals surface area contributed by atoms with E-state index in [1.807, 2.05) is 24.3 Å². The maximum atomic E-state index is 12.6. The van der Waals surface area contributed by atoms with Crippen molar-refractivity contribution in [1.29, 1.82) is 0 Å². The Labute approximate surface area is 135 Å². The fourth-order valence-corrected chi connectivity index (χ4v) is 3.76. The van der Waals surface area contributed by atoms with Crippen LogP contribution in [-0.4, -0.2) is 29.7 Å². The molecule has 0 aliphatic heterocycles. The molecule has 1 aliphatic rings. The summed E-state index contributed by atoms with van der Waals surface area (Å²) < 4.78 is 5.45. The Bertz CT molecular complexity index is 650. The van der Waals surface area contributed by atoms with Crippen molar-refractivity contribution in [2.75, 3.05) is 0 Å². The summed E-state index contributed by atoms with van der Waals surface area (Å²) in [5, 5.41) is 0.917. The summed E-state index contributed by atoms with van der Waals surface area (Å²) in [6.45, 7) is 0. The molecule has 3 nitrogen and oxygen atoms in total. The molecule has 1 aliphatic carbocycles. The van der Waals surface area contributed by atoms with Gasteiger partial charge in [-0.2, -0.15) is 0 Å². The van der Waals surface area contributed by atoms with Crippen LogP contribution >= 0.6 is 0 Å². The Kier molecular flexibility index (Phi) is 4.65. The molecule has 2 aromatic rings. The number of carbonyl (C=O) groups is 1. The van der Waals surface area contributed by atoms with E-state index in [1.165, 1.54) is 25.7 Å². The molecule has 0 saturated heterocycles. The third kappa shape index (κ3) is 3.16. The van der Waals surface area contributed by atoms with Crippen molar-refractivity contribution < 1.29 is 8.32 Å². The summed E-state index contributed by atoms with van der Waals surface area (Å²) in [7, 11) is 0. The minimum absolute atomic E-state index is 0.235. The number of benzene rings is 1. The quantitative estimate of drug-likeness (QED) is 0.617. The zero-order valence-corrected chi connectivity index (χ0v) is 15.1. The van der Waals surface area contributed by atoms with Gasteiger partial charge < -0.3 is 0 Å². The van der Waals surface area contributed by atoms with Crippen molar-refractivity contribution in [2.24, 2.45) is 5.92 Å². The Morgan fingerprint density at radius 1 is 1.29 bits per heavy atom. The summed E-state index contributed by atoms with van der Waals surface area (Å²) in [6, 6.07) is 7.62. The van der Waals surface area contributed by atoms with Gasteiger partial charge >= 0.3 is 135 Å². The SMILES string of the molecule is O=C(CCC1CCCC1)c1ccc([O][GaH])c2ncccc12. The van der Waals surface area contributed by atoms with Gasteiger partial charge in [0.1, 0.15) is 0 Å². The molecular formula is C17H19GaNO2. The van der Waals surface area contributed by atoms with Crippen molar-refractivity contribution in [3.63, 3.8) is 0 Å². The first-order valence-electron chi connectivity index (χ1n) is 7.62. The molecule has 1 radical (unpaired) electrons. The first-order chi connectivity index (χ1) is 10.3. The fourth-order valence-electron chi connectivity index (χ4n) is 3.28. The molecule has 0 spiro atoms. The normalized spacial score (nSPS) is 15.4. The number of rotatable bonds is 5. The van der Waals surface area contributed by atoms with Crippen LogP contribution in [0.1, 0.15) is 48.9 Å². The van der Waals surface area contributed by atoms with E-state index in [0.29, 0.717) is 6.42 Å². The van der Waals surface area contributed by atoms with Crippen LogP contribution in [0.4, 0.5) is 0 Å². The monoisotopic (exact) mass is 338 g/mol. The van der Waals surface area contributed by atoms with Gasteiger partial charge in [0, 0.05) is 0 Å². The van der Waals surface area contributed by atoms with Gasteiger partial charge in [-0.25, -0.2) is 0 Å². The molecule has 0 atom stereocenters. The van der Waals surface area contributed by atoms with Crippen LogP contribution in [0.5, 0.6) is 5.75 Å². The van der Waals surface area contributed by atoms with Gasteiger partial charge in [-0.3, -0.25) is 0 Å². The zero-order chi connectivity index (χ0) is 14.7. The molecule has 1 saturated carbocycles. The Morgan fingerprint density at radius 2 is 2.10 bits per heavy atom. The van der Waals surface area contributed by atoms with Crippen LogP contribution < -0.4 is 3.53 Å². The van der Waals surface area contributed by atoms with Crippen molar-refractivity contribution in [3.8, 4) is 5.75 Å². The molecule has 21 heavy (non-hydrogen) atoms. The number of ketones is 1. The van der Waals surface area contributed by atoms with Gasteiger partial charge in [0.15, 0.2) is 0 Å². The molecular weight excluding hydrogens is 320 g/mol. The number of hydrogen-bond donors (Lipinski definition) is 0. The van der Waals surface area contributed by atoms with E-state index in [-0.39, 0.29) is 5.78 Å². The molecule has 107 valence electrons. The first kappa shape index (κ1) is 14.7. The molecule has 0 amide bonds. The van der Waals surface area contributed by atoms with Crippen molar-refractivity contribution in [1.82, 2.24) is 4.98 Å². The van der Waals surface area contributed by atoms with Crippen LogP contribution in [0.2, 0.25) is 0 Å². The molecule has 1 heterocycles. The Balaban J connectivity index is 1.84. The van der Waals surface area contributed by atoms with Gasteiger partial charge in [-0.15, -0.1) is 0 Å². The second kappa shape index (κ2) is 6.67. The van der Waals surface area contributed by atoms with Crippen LogP contribution in [0.3, 0.4) is 0 Å². The molecule has 4 heteroatoms. The third-order valence-electron chi connectivity index (χ3n) is 4.44. The summed E-state index contributed by atoms with van der Waals surface area (Å²) in [5.41, 5.74) is 1.59. The fraction of sp³-hybridized carbons (Fsp3) is 0.412. The number of pyridine rings is 1. The molecule has 1 fully saturated rings. The van der Waals surface area contributed by atoms with E-state index < -0.39 is 0 Å². The number of Topliss-reactive ketones (excluding diaryl/α,β-unsaturated/α-hetero) is 1. The van der Waals surface area contributed by atoms with E-state index in [1.54, 1.807) is 6.20 Å². The molecule has 0 N–H and O–H groups in total. The van der Waals surface area contributed by atoms with Crippen LogP contribution in [0.15, 0.2) is 30.5 Å². The van der Waals surface area contributed by atoms with E-state index in [4.69, 9.17) is 3.53 Å². The average molecular weight is 339 g/mol. The third-order valence-corrected chi connectivity index (χ3v) is 5.10. The minimum atomic E-state index is 0.235. The average Bonchev–Trinajstić information content (AvgIpc) is 3.05. The number of aromatic nitrogens is 1. The molecule has 1 aromatic heterocycles. The predicted octanol–water partition coefficient (Wildman–Crippen LogP) is 3.58. The van der Waals surface area contributed by atoms with Gasteiger partial charge in [0.25, 0.3) is 0 Å². The molecule has 0 unspecified atom stereocenters. The van der Waals surface area contributed by atoms with E-state index in [0.717, 1.165) is 53.5 Å². The summed E-state index contributed by atoms with van der Waals surface area (Å²) in [4.78, 5) is 16.9. The topological polar surface area (TPSA) is 39.2 Å². The second-order valence-corrected chi connectivity index (χ2v) is 6.37. The number of carbonyl (C=O) groups excluding carboxylic acids is 1. The first-order valence-corrected chi connectivity index (χ1v) is 8.83. The van der Waals surface area contributed by atoms with Crippen LogP contribution in [0, 0.1) is 5.92 Å². The summed E-state index contributed by atoms with van der Waals surface area (Å²) >= 11 is 0.723. The zero-order valence-electron chi connectivity index (χ0n) is 12.2. The number of hydrogen-bond acceptors (Lipinski definition) is 3. The van der Waals surface area contributed by atoms with E-state index in [9.17, 15) is 4.79 Å². The number of nitrogens with zero attached hydrogens (tertiary/aromatic N) is 1. The second-order valence-electron chi connectivity index (χ2n) is 5.77. The predicted molar refractivity (Wildman–Crippen MR) is 85.0 cm³/mol. The van der Waals surface area contributed by atoms with Gasteiger partial charge in [0.2, 0.25) is 0 Å². The maximum absolute atomic E-state index is 12.6. The standard InChI is InChI=1S/C17H19NO2.Ga.H/c19-15(9-7-12-4-1-2-5-12)13-8-10-16(20)17-14(13)6-3-11-18-17;;/h3,6,8,10-12,20H,1-2,4-5,7,9H2;;/q;+1;/p-1. The van der Waals surface area contributed by atoms with E-state index in [2.05, 4.69) is 4.98 Å². The number of fused-ring (bicyclic) bond motifs is 1. The Morgan fingerprint density at radius 3 is 2.86 bits per heavy atom. The van der Waals surface area contributed by atoms with Crippen LogP contribution in [-0.2, 0) is 0 Å². The molecule has 0 bridgehead atoms. The van der Waals surface area contributed by atoms with Gasteiger partial charge in [-0.1, -0.05) is 0 Å². The molecule has 3 rings (SSSR count). The van der Waals surface area contributed by atoms with Gasteiger partial charge in [0.05, 0.1) is 0 Å². The van der Waals surface area contributed by atoms with E-state index >= 15 is 0 Å². The van der Waals surface area contributed by atoms with Gasteiger partial charge in [-0.05, 0) is 0 Å². The van der Waals surface area contributed by atoms with Crippen molar-refractivity contribution in [3.05, 3.63) is 36.0 Å². The van der Waals surface area contributed by atoms with Crippen molar-refractivity contribution >= 4 is 35.7 Å².